The predicted molar refractivity (Wildman–Crippen MR) is 165 cm³/mol. The second-order valence-electron chi connectivity index (χ2n) is 9.33. The first-order chi connectivity index (χ1) is 19.5. The lowest BCUT2D eigenvalue weighted by atomic mass is 10.2. The van der Waals surface area contributed by atoms with Crippen molar-refractivity contribution in [3.8, 4) is 0 Å². The van der Waals surface area contributed by atoms with Gasteiger partial charge in [0.2, 0.25) is 5.91 Å². The molecule has 40 heavy (non-hydrogen) atoms. The van der Waals surface area contributed by atoms with E-state index in [4.69, 9.17) is 0 Å². The third-order valence-corrected chi connectivity index (χ3v) is 5.71. The summed E-state index contributed by atoms with van der Waals surface area (Å²) in [7, 11) is 0. The highest BCUT2D eigenvalue weighted by Crippen LogP contribution is 2.00. The van der Waals surface area contributed by atoms with Crippen LogP contribution in [0.5, 0.6) is 0 Å². The average molecular weight is 549 g/mol. The molecule has 218 valence electrons. The van der Waals surface area contributed by atoms with E-state index in [2.05, 4.69) is 94.4 Å². The maximum atomic E-state index is 12.0. The summed E-state index contributed by atoms with van der Waals surface area (Å²) in [4.78, 5) is 32.0. The fraction of sp³-hybridized carbons (Fsp3) is 0.455. The number of aromatic nitrogens is 2. The number of amides is 2. The van der Waals surface area contributed by atoms with Gasteiger partial charge in [0.25, 0.3) is 5.91 Å². The highest BCUT2D eigenvalue weighted by atomic mass is 16.3. The second-order valence-corrected chi connectivity index (χ2v) is 9.33. The van der Waals surface area contributed by atoms with Gasteiger partial charge in [0.05, 0.1) is 18.0 Å². The summed E-state index contributed by atoms with van der Waals surface area (Å²) in [6.45, 7) is 4.68. The molecule has 1 aromatic heterocycles. The zero-order chi connectivity index (χ0) is 29.1. The number of aryl methyl sites for hydroxylation is 1. The van der Waals surface area contributed by atoms with Gasteiger partial charge < -0.3 is 15.7 Å². The van der Waals surface area contributed by atoms with E-state index < -0.39 is 6.10 Å². The molecular weight excluding hydrogens is 500 g/mol. The second kappa shape index (κ2) is 24.5. The van der Waals surface area contributed by atoms with E-state index in [0.29, 0.717) is 38.8 Å². The van der Waals surface area contributed by atoms with Crippen LogP contribution in [0.4, 0.5) is 0 Å². The molecule has 0 aliphatic rings. The zero-order valence-electron chi connectivity index (χ0n) is 24.3. The summed E-state index contributed by atoms with van der Waals surface area (Å²) >= 11 is 0. The first kappa shape index (κ1) is 34.4. The lowest BCUT2D eigenvalue weighted by Gasteiger charge is -2.12. The Morgan fingerprint density at radius 3 is 1.75 bits per heavy atom. The van der Waals surface area contributed by atoms with E-state index >= 15 is 0 Å². The van der Waals surface area contributed by atoms with Crippen molar-refractivity contribution in [1.82, 2.24) is 20.6 Å². The van der Waals surface area contributed by atoms with Crippen LogP contribution >= 0.6 is 0 Å². The van der Waals surface area contributed by atoms with Gasteiger partial charge in [-0.15, -0.1) is 0 Å². The number of carbonyl (C=O) groups is 2. The lowest BCUT2D eigenvalue weighted by Crippen LogP contribution is -2.30. The monoisotopic (exact) mass is 548 g/mol. The highest BCUT2D eigenvalue weighted by molar-refractivity contribution is 5.91. The molecule has 0 aliphatic heterocycles. The first-order valence-electron chi connectivity index (χ1n) is 14.4. The summed E-state index contributed by atoms with van der Waals surface area (Å²) < 4.78 is 0. The highest BCUT2D eigenvalue weighted by Gasteiger charge is 2.09. The van der Waals surface area contributed by atoms with Gasteiger partial charge >= 0.3 is 0 Å². The number of nitrogens with zero attached hydrogens (tertiary/aromatic N) is 2. The Morgan fingerprint density at radius 1 is 0.750 bits per heavy atom. The van der Waals surface area contributed by atoms with Crippen LogP contribution in [0.15, 0.2) is 85.3 Å². The maximum absolute atomic E-state index is 12.0. The predicted octanol–water partition coefficient (Wildman–Crippen LogP) is 6.25. The number of aliphatic hydroxyl groups excluding tert-OH is 1. The standard InChI is InChI=1S/C33H48N4O3/c1-3-4-5-6-7-8-9-10-11-12-13-14-15-16-17-18-19-20-21-22-32(39)34-25-23-30(38)24-26-35-33(40)31-28-36-29(2)27-37-31/h4-5,7-8,10-11,13-14,16-17,19-20,27-28,30,38H,3,6,9,12,15,18,21-26H2,1-2H3,(H,34,39)(H,35,40). The van der Waals surface area contributed by atoms with E-state index in [0.717, 1.165) is 44.2 Å². The normalized spacial score (nSPS) is 13.1. The maximum Gasteiger partial charge on any atom is 0.271 e. The number of nitrogens with one attached hydrogen (secondary N) is 2. The van der Waals surface area contributed by atoms with Crippen LogP contribution in [-0.2, 0) is 4.79 Å². The molecule has 0 radical (unpaired) electrons. The molecule has 1 unspecified atom stereocenters. The minimum absolute atomic E-state index is 0.0297. The van der Waals surface area contributed by atoms with E-state index in [9.17, 15) is 14.7 Å². The fourth-order valence-corrected chi connectivity index (χ4v) is 3.42. The Kier molecular flexibility index (Phi) is 21.1. The van der Waals surface area contributed by atoms with Crippen molar-refractivity contribution in [2.75, 3.05) is 13.1 Å². The van der Waals surface area contributed by atoms with Crippen LogP contribution in [0, 0.1) is 6.92 Å². The summed E-state index contributed by atoms with van der Waals surface area (Å²) in [5, 5.41) is 15.6. The smallest absolute Gasteiger partial charge is 0.271 e. The van der Waals surface area contributed by atoms with Gasteiger partial charge in [0, 0.05) is 25.7 Å². The number of rotatable bonds is 21. The molecule has 2 amide bonds. The fourth-order valence-electron chi connectivity index (χ4n) is 3.42. The molecule has 7 heteroatoms. The molecule has 3 N–H and O–H groups in total. The number of carbonyl (C=O) groups excluding carboxylic acids is 2. The molecule has 1 aromatic rings. The molecule has 1 heterocycles. The minimum Gasteiger partial charge on any atom is -0.393 e. The van der Waals surface area contributed by atoms with Crippen molar-refractivity contribution >= 4 is 11.8 Å². The van der Waals surface area contributed by atoms with Gasteiger partial charge in [-0.2, -0.15) is 0 Å². The third kappa shape index (κ3) is 20.4. The van der Waals surface area contributed by atoms with Crippen LogP contribution < -0.4 is 10.6 Å². The van der Waals surface area contributed by atoms with Crippen molar-refractivity contribution in [2.24, 2.45) is 0 Å². The molecule has 0 bridgehead atoms. The Labute approximate surface area is 241 Å². The van der Waals surface area contributed by atoms with Crippen LogP contribution in [0.1, 0.15) is 87.3 Å². The summed E-state index contributed by atoms with van der Waals surface area (Å²) in [5.41, 5.74) is 0.991. The molecule has 7 nitrogen and oxygen atoms in total. The van der Waals surface area contributed by atoms with Gasteiger partial charge in [-0.1, -0.05) is 79.8 Å². The third-order valence-electron chi connectivity index (χ3n) is 5.71. The molecule has 0 saturated heterocycles. The SMILES string of the molecule is CCC=CCC=CCC=CCC=CCC=CCC=CCCC(=O)NCCC(O)CCNC(=O)c1cnc(C)cn1. The average Bonchev–Trinajstić information content (AvgIpc) is 2.94. The van der Waals surface area contributed by atoms with Crippen molar-refractivity contribution in [3.05, 3.63) is 96.7 Å². The van der Waals surface area contributed by atoms with Crippen LogP contribution in [0.2, 0.25) is 0 Å². The Hall–Kier alpha value is -3.58. The number of hydrogen-bond acceptors (Lipinski definition) is 5. The van der Waals surface area contributed by atoms with Gasteiger partial charge in [-0.25, -0.2) is 4.98 Å². The van der Waals surface area contributed by atoms with Crippen molar-refractivity contribution in [2.45, 2.75) is 84.2 Å². The molecule has 0 fully saturated rings. The molecule has 0 aliphatic carbocycles. The van der Waals surface area contributed by atoms with Crippen molar-refractivity contribution in [3.63, 3.8) is 0 Å². The van der Waals surface area contributed by atoms with Gasteiger partial charge in [0.15, 0.2) is 0 Å². The van der Waals surface area contributed by atoms with Gasteiger partial charge in [-0.3, -0.25) is 14.6 Å². The number of allylic oxidation sites excluding steroid dienone is 12. The first-order valence-corrected chi connectivity index (χ1v) is 14.4. The summed E-state index contributed by atoms with van der Waals surface area (Å²) in [6.07, 6.45) is 36.1. The Bertz CT molecular complexity index is 991. The number of aliphatic hydroxyl groups is 1. The van der Waals surface area contributed by atoms with Gasteiger partial charge in [-0.05, 0) is 64.7 Å². The Balaban J connectivity index is 1.98. The molecule has 0 spiro atoms. The molecular formula is C33H48N4O3. The quantitative estimate of drug-likeness (QED) is 0.158. The largest absolute Gasteiger partial charge is 0.393 e. The van der Waals surface area contributed by atoms with Crippen molar-refractivity contribution < 1.29 is 14.7 Å². The zero-order valence-corrected chi connectivity index (χ0v) is 24.3. The topological polar surface area (TPSA) is 104 Å². The van der Waals surface area contributed by atoms with E-state index in [-0.39, 0.29) is 17.5 Å². The van der Waals surface area contributed by atoms with Crippen LogP contribution in [-0.4, -0.2) is 46.1 Å². The van der Waals surface area contributed by atoms with E-state index in [1.807, 2.05) is 6.08 Å². The molecule has 0 aromatic carbocycles. The molecule has 1 rings (SSSR count). The lowest BCUT2D eigenvalue weighted by molar-refractivity contribution is -0.121. The van der Waals surface area contributed by atoms with E-state index in [1.165, 1.54) is 12.4 Å². The molecule has 1 atom stereocenters. The Morgan fingerprint density at radius 2 is 1.25 bits per heavy atom. The minimum atomic E-state index is -0.604. The summed E-state index contributed by atoms with van der Waals surface area (Å²) in [5.74, 6) is -0.347. The summed E-state index contributed by atoms with van der Waals surface area (Å²) in [6, 6.07) is 0. The van der Waals surface area contributed by atoms with Gasteiger partial charge in [0.1, 0.15) is 5.69 Å². The molecule has 0 saturated carbocycles. The number of hydrogen-bond donors (Lipinski definition) is 3. The van der Waals surface area contributed by atoms with E-state index in [1.54, 1.807) is 6.92 Å². The van der Waals surface area contributed by atoms with Crippen LogP contribution in [0.3, 0.4) is 0 Å². The van der Waals surface area contributed by atoms with Crippen molar-refractivity contribution in [1.29, 1.82) is 0 Å². The van der Waals surface area contributed by atoms with Crippen LogP contribution in [0.25, 0.3) is 0 Å².